The number of carbonyl (C=O) groups is 1. The van der Waals surface area contributed by atoms with Gasteiger partial charge in [-0.15, -0.1) is 0 Å². The van der Waals surface area contributed by atoms with Gasteiger partial charge in [-0.25, -0.2) is 0 Å². The number of ether oxygens (including phenoxy) is 4. The Morgan fingerprint density at radius 1 is 0.966 bits per heavy atom. The van der Waals surface area contributed by atoms with Gasteiger partial charge in [0.25, 0.3) is 11.4 Å². The summed E-state index contributed by atoms with van der Waals surface area (Å²) in [6, 6.07) is 3.39. The quantitative estimate of drug-likeness (QED) is 0.183. The highest BCUT2D eigenvalue weighted by Crippen LogP contribution is 2.28. The van der Waals surface area contributed by atoms with Crippen molar-refractivity contribution >= 4 is 23.0 Å². The number of hydrogen-bond donors (Lipinski definition) is 1. The molecule has 0 aromatic heterocycles. The SMILES string of the molecule is CCOC(=O)CCOCCOCCOCCNc1ccc([N+](=O)[O-])cc1[N+](=O)[O-]. The fourth-order valence-corrected chi connectivity index (χ4v) is 2.12. The number of nitro benzene ring substituents is 2. The molecule has 12 nitrogen and oxygen atoms in total. The van der Waals surface area contributed by atoms with E-state index in [2.05, 4.69) is 5.32 Å². The molecule has 0 amide bonds. The largest absolute Gasteiger partial charge is 0.466 e. The summed E-state index contributed by atoms with van der Waals surface area (Å²) in [7, 11) is 0. The van der Waals surface area contributed by atoms with E-state index in [1.54, 1.807) is 6.92 Å². The molecule has 0 aliphatic carbocycles. The van der Waals surface area contributed by atoms with Gasteiger partial charge < -0.3 is 24.3 Å². The molecule has 0 aliphatic heterocycles. The van der Waals surface area contributed by atoms with E-state index in [9.17, 15) is 25.0 Å². The van der Waals surface area contributed by atoms with Crippen LogP contribution in [0.3, 0.4) is 0 Å². The molecule has 0 spiro atoms. The summed E-state index contributed by atoms with van der Waals surface area (Å²) in [6.07, 6.45) is 0.205. The molecule has 1 rings (SSSR count). The Bertz CT molecular complexity index is 670. The summed E-state index contributed by atoms with van der Waals surface area (Å²) in [5, 5.41) is 24.5. The molecule has 0 heterocycles. The van der Waals surface area contributed by atoms with Crippen LogP contribution in [-0.2, 0) is 23.7 Å². The highest BCUT2D eigenvalue weighted by Gasteiger charge is 2.18. The van der Waals surface area contributed by atoms with Crippen molar-refractivity contribution in [2.75, 3.05) is 58.1 Å². The molecule has 29 heavy (non-hydrogen) atoms. The highest BCUT2D eigenvalue weighted by molar-refractivity contribution is 5.69. The Morgan fingerprint density at radius 2 is 1.59 bits per heavy atom. The third kappa shape index (κ3) is 10.3. The van der Waals surface area contributed by atoms with Crippen LogP contribution < -0.4 is 5.32 Å². The third-order valence-electron chi connectivity index (χ3n) is 3.45. The molecule has 0 saturated heterocycles. The summed E-state index contributed by atoms with van der Waals surface area (Å²) in [5.41, 5.74) is -0.536. The van der Waals surface area contributed by atoms with E-state index in [0.717, 1.165) is 6.07 Å². The van der Waals surface area contributed by atoms with Crippen molar-refractivity contribution in [2.24, 2.45) is 0 Å². The number of carbonyl (C=O) groups excluding carboxylic acids is 1. The van der Waals surface area contributed by atoms with Crippen molar-refractivity contribution in [3.05, 3.63) is 38.4 Å². The lowest BCUT2D eigenvalue weighted by Gasteiger charge is -2.09. The number of nitrogens with one attached hydrogen (secondary N) is 1. The molecule has 0 atom stereocenters. The summed E-state index contributed by atoms with van der Waals surface area (Å²) >= 11 is 0. The minimum absolute atomic E-state index is 0.181. The standard InChI is InChI=1S/C17H25N3O9/c1-2-29-17(21)5-7-26-9-11-28-12-10-27-8-6-18-15-4-3-14(19(22)23)13-16(15)20(24)25/h3-4,13,18H,2,5-12H2,1H3. The van der Waals surface area contributed by atoms with E-state index in [-0.39, 0.29) is 49.2 Å². The molecule has 0 bridgehead atoms. The number of benzene rings is 1. The molecule has 1 aromatic rings. The van der Waals surface area contributed by atoms with Gasteiger partial charge in [0.05, 0.1) is 68.6 Å². The van der Waals surface area contributed by atoms with Gasteiger partial charge in [0, 0.05) is 12.6 Å². The van der Waals surface area contributed by atoms with Gasteiger partial charge in [-0.05, 0) is 13.0 Å². The fourth-order valence-electron chi connectivity index (χ4n) is 2.12. The molecule has 0 unspecified atom stereocenters. The van der Waals surface area contributed by atoms with Crippen LogP contribution in [0.2, 0.25) is 0 Å². The van der Waals surface area contributed by atoms with Gasteiger partial charge in [-0.3, -0.25) is 25.0 Å². The van der Waals surface area contributed by atoms with Gasteiger partial charge in [0.1, 0.15) is 5.69 Å². The van der Waals surface area contributed by atoms with Gasteiger partial charge in [0.15, 0.2) is 0 Å². The topological polar surface area (TPSA) is 152 Å². The number of rotatable bonds is 16. The normalized spacial score (nSPS) is 10.5. The third-order valence-corrected chi connectivity index (χ3v) is 3.45. The Balaban J connectivity index is 2.08. The van der Waals surface area contributed by atoms with Gasteiger partial charge in [-0.2, -0.15) is 0 Å². The summed E-state index contributed by atoms with van der Waals surface area (Å²) in [4.78, 5) is 31.4. The van der Waals surface area contributed by atoms with Crippen LogP contribution in [0.4, 0.5) is 17.1 Å². The Kier molecular flexibility index (Phi) is 11.9. The van der Waals surface area contributed by atoms with Crippen LogP contribution >= 0.6 is 0 Å². The van der Waals surface area contributed by atoms with Crippen molar-refractivity contribution in [2.45, 2.75) is 13.3 Å². The first kappa shape index (κ1) is 24.2. The molecular formula is C17H25N3O9. The smallest absolute Gasteiger partial charge is 0.308 e. The van der Waals surface area contributed by atoms with E-state index in [4.69, 9.17) is 18.9 Å². The minimum atomic E-state index is -0.689. The molecule has 1 N–H and O–H groups in total. The highest BCUT2D eigenvalue weighted by atomic mass is 16.6. The predicted molar refractivity (Wildman–Crippen MR) is 102 cm³/mol. The van der Waals surface area contributed by atoms with Crippen LogP contribution in [0.25, 0.3) is 0 Å². The number of nitrogens with zero attached hydrogens (tertiary/aromatic N) is 2. The van der Waals surface area contributed by atoms with Crippen LogP contribution in [0.15, 0.2) is 18.2 Å². The maximum atomic E-state index is 11.1. The molecule has 0 aliphatic rings. The number of nitro groups is 2. The average Bonchev–Trinajstić information content (AvgIpc) is 2.68. The Hall–Kier alpha value is -2.83. The number of hydrogen-bond acceptors (Lipinski definition) is 10. The second-order valence-electron chi connectivity index (χ2n) is 5.53. The average molecular weight is 415 g/mol. The van der Waals surface area contributed by atoms with Crippen molar-refractivity contribution in [1.82, 2.24) is 0 Å². The van der Waals surface area contributed by atoms with E-state index >= 15 is 0 Å². The van der Waals surface area contributed by atoms with Gasteiger partial charge in [-0.1, -0.05) is 0 Å². The maximum Gasteiger partial charge on any atom is 0.308 e. The number of non-ortho nitro benzene ring substituents is 1. The second kappa shape index (κ2) is 14.2. The zero-order valence-electron chi connectivity index (χ0n) is 16.2. The molecule has 0 radical (unpaired) electrons. The monoisotopic (exact) mass is 415 g/mol. The first-order valence-electron chi connectivity index (χ1n) is 9.01. The Labute approximate surface area is 167 Å². The van der Waals surface area contributed by atoms with E-state index < -0.39 is 9.85 Å². The van der Waals surface area contributed by atoms with Crippen LogP contribution in [0, 0.1) is 20.2 Å². The predicted octanol–water partition coefficient (Wildman–Crippen LogP) is 1.92. The van der Waals surface area contributed by atoms with Crippen LogP contribution in [0.5, 0.6) is 0 Å². The van der Waals surface area contributed by atoms with Crippen LogP contribution in [-0.4, -0.2) is 68.6 Å². The molecular weight excluding hydrogens is 390 g/mol. The van der Waals surface area contributed by atoms with E-state index in [0.29, 0.717) is 33.0 Å². The van der Waals surface area contributed by atoms with Gasteiger partial charge >= 0.3 is 5.97 Å². The van der Waals surface area contributed by atoms with Crippen molar-refractivity contribution in [1.29, 1.82) is 0 Å². The molecule has 1 aromatic carbocycles. The second-order valence-corrected chi connectivity index (χ2v) is 5.53. The summed E-state index contributed by atoms with van der Waals surface area (Å²) in [5.74, 6) is -0.297. The zero-order chi connectivity index (χ0) is 21.5. The van der Waals surface area contributed by atoms with E-state index in [1.165, 1.54) is 12.1 Å². The Morgan fingerprint density at radius 3 is 2.17 bits per heavy atom. The maximum absolute atomic E-state index is 11.1. The number of anilines is 1. The summed E-state index contributed by atoms with van der Waals surface area (Å²) < 4.78 is 20.6. The summed E-state index contributed by atoms with van der Waals surface area (Å²) in [6.45, 7) is 4.31. The lowest BCUT2D eigenvalue weighted by atomic mass is 10.2. The molecule has 162 valence electrons. The first-order chi connectivity index (χ1) is 14.0. The molecule has 0 saturated carbocycles. The lowest BCUT2D eigenvalue weighted by Crippen LogP contribution is -2.15. The fraction of sp³-hybridized carbons (Fsp3) is 0.588. The van der Waals surface area contributed by atoms with Crippen molar-refractivity contribution < 1.29 is 33.6 Å². The zero-order valence-corrected chi connectivity index (χ0v) is 16.2. The lowest BCUT2D eigenvalue weighted by molar-refractivity contribution is -0.393. The van der Waals surface area contributed by atoms with Crippen molar-refractivity contribution in [3.8, 4) is 0 Å². The van der Waals surface area contributed by atoms with E-state index in [1.807, 2.05) is 0 Å². The van der Waals surface area contributed by atoms with Crippen molar-refractivity contribution in [3.63, 3.8) is 0 Å². The molecule has 0 fully saturated rings. The van der Waals surface area contributed by atoms with Gasteiger partial charge in [0.2, 0.25) is 0 Å². The van der Waals surface area contributed by atoms with Crippen LogP contribution in [0.1, 0.15) is 13.3 Å². The minimum Gasteiger partial charge on any atom is -0.466 e. The molecule has 12 heteroatoms. The number of esters is 1. The first-order valence-corrected chi connectivity index (χ1v) is 9.01.